The molecular formula is C34H43N3O7. The van der Waals surface area contributed by atoms with Crippen molar-refractivity contribution in [2.24, 2.45) is 11.8 Å². The number of aliphatic hydroxyl groups excluding tert-OH is 1. The first kappa shape index (κ1) is 30.5. The van der Waals surface area contributed by atoms with Gasteiger partial charge in [0.1, 0.15) is 18.2 Å². The predicted molar refractivity (Wildman–Crippen MR) is 161 cm³/mol. The zero-order valence-corrected chi connectivity index (χ0v) is 25.3. The minimum atomic E-state index is -1.32. The molecule has 236 valence electrons. The van der Waals surface area contributed by atoms with Crippen LogP contribution in [-0.4, -0.2) is 88.2 Å². The number of benzene rings is 1. The number of amides is 3. The minimum absolute atomic E-state index is 0.00265. The number of carbonyl (C=O) groups excluding carboxylic acids is 4. The fourth-order valence-electron chi connectivity index (χ4n) is 7.89. The molecule has 44 heavy (non-hydrogen) atoms. The second-order valence-corrected chi connectivity index (χ2v) is 12.6. The third kappa shape index (κ3) is 5.36. The first-order valence-electron chi connectivity index (χ1n) is 16.2. The second-order valence-electron chi connectivity index (χ2n) is 12.6. The molecule has 10 nitrogen and oxygen atoms in total. The number of allylic oxidation sites excluding steroid dienone is 1. The minimum Gasteiger partial charge on any atom is -0.463 e. The summed E-state index contributed by atoms with van der Waals surface area (Å²) in [6.07, 6.45) is 12.7. The van der Waals surface area contributed by atoms with Crippen LogP contribution in [0.3, 0.4) is 0 Å². The summed E-state index contributed by atoms with van der Waals surface area (Å²) in [7, 11) is 0. The molecule has 0 aromatic heterocycles. The monoisotopic (exact) mass is 605 g/mol. The van der Waals surface area contributed by atoms with Crippen molar-refractivity contribution in [3.8, 4) is 0 Å². The van der Waals surface area contributed by atoms with Gasteiger partial charge in [-0.25, -0.2) is 0 Å². The number of nitrogens with zero attached hydrogens (tertiary/aromatic N) is 2. The molecule has 10 heteroatoms. The maximum Gasteiger partial charge on any atom is 0.306 e. The smallest absolute Gasteiger partial charge is 0.306 e. The zero-order chi connectivity index (χ0) is 30.8. The van der Waals surface area contributed by atoms with E-state index in [2.05, 4.69) is 5.32 Å². The predicted octanol–water partition coefficient (Wildman–Crippen LogP) is 2.82. The SMILES string of the molecule is CC[C@@H](CO)N1C(=O)[C@H]2[C@@H]3C(=O)N[C@H](c4ccccc4)COC(=O)CC/C=C\CN(C4CCCCC4)C(=O)[C@H]1[C@@]21C=C[C@@H]3O1. The number of rotatable bonds is 5. The van der Waals surface area contributed by atoms with E-state index in [0.29, 0.717) is 19.4 Å². The molecular weight excluding hydrogens is 562 g/mol. The molecule has 5 aliphatic rings. The first-order valence-corrected chi connectivity index (χ1v) is 16.2. The molecule has 2 saturated heterocycles. The number of nitrogens with one attached hydrogen (secondary N) is 1. The summed E-state index contributed by atoms with van der Waals surface area (Å²) in [6, 6.07) is 7.04. The van der Waals surface area contributed by atoms with Crippen LogP contribution in [0.1, 0.15) is 69.9 Å². The van der Waals surface area contributed by atoms with Crippen molar-refractivity contribution in [3.63, 3.8) is 0 Å². The van der Waals surface area contributed by atoms with E-state index in [4.69, 9.17) is 9.47 Å². The van der Waals surface area contributed by atoms with Crippen LogP contribution < -0.4 is 5.32 Å². The molecule has 4 heterocycles. The van der Waals surface area contributed by atoms with Gasteiger partial charge in [0, 0.05) is 19.0 Å². The Balaban J connectivity index is 1.42. The van der Waals surface area contributed by atoms with Crippen LogP contribution in [0.2, 0.25) is 0 Å². The van der Waals surface area contributed by atoms with Gasteiger partial charge in [-0.1, -0.05) is 80.8 Å². The van der Waals surface area contributed by atoms with Gasteiger partial charge in [0.25, 0.3) is 0 Å². The second kappa shape index (κ2) is 12.9. The number of fused-ring (bicyclic) bond motifs is 2. The number of likely N-dealkylation sites (tertiary alicyclic amines) is 1. The van der Waals surface area contributed by atoms with Crippen LogP contribution in [-0.2, 0) is 28.7 Å². The highest BCUT2D eigenvalue weighted by atomic mass is 16.5. The van der Waals surface area contributed by atoms with Crippen LogP contribution in [0.25, 0.3) is 0 Å². The molecule has 3 fully saturated rings. The molecule has 1 saturated carbocycles. The molecule has 1 aliphatic carbocycles. The van der Waals surface area contributed by atoms with E-state index < -0.39 is 47.6 Å². The molecule has 1 spiro atoms. The van der Waals surface area contributed by atoms with Gasteiger partial charge in [0.05, 0.1) is 36.6 Å². The lowest BCUT2D eigenvalue weighted by Gasteiger charge is -2.41. The Morgan fingerprint density at radius 3 is 2.55 bits per heavy atom. The standard InChI is InChI=1S/C34H43N3O7/c1-2-23(20-38)37-30-33(42)36(24-14-8-4-9-15-24)19-11-5-10-16-27(39)43-21-25(22-12-6-3-7-13-22)35-31(40)28-26-17-18-34(30,44-26)29(28)32(37)41/h3,5-7,11-13,17-18,23-26,28-30,38H,2,4,8-10,14-16,19-21H2,1H3,(H,35,40)/b11-5-/t23-,25-,26-,28+,29+,30-,34+/m0/s1. The van der Waals surface area contributed by atoms with Crippen molar-refractivity contribution < 1.29 is 33.8 Å². The van der Waals surface area contributed by atoms with Gasteiger partial charge in [0.15, 0.2) is 0 Å². The number of carbonyl (C=O) groups is 4. The van der Waals surface area contributed by atoms with E-state index in [1.54, 1.807) is 6.08 Å². The highest BCUT2D eigenvalue weighted by Gasteiger charge is 2.73. The van der Waals surface area contributed by atoms with Crippen molar-refractivity contribution in [2.75, 3.05) is 19.8 Å². The Kier molecular flexibility index (Phi) is 8.91. The third-order valence-corrected chi connectivity index (χ3v) is 10.1. The number of ether oxygens (including phenoxy) is 2. The molecule has 2 N–H and O–H groups in total. The summed E-state index contributed by atoms with van der Waals surface area (Å²) in [5.41, 5.74) is -0.550. The summed E-state index contributed by atoms with van der Waals surface area (Å²) >= 11 is 0. The van der Waals surface area contributed by atoms with E-state index >= 15 is 0 Å². The number of hydrogen-bond donors (Lipinski definition) is 2. The molecule has 7 atom stereocenters. The lowest BCUT2D eigenvalue weighted by atomic mass is 9.74. The summed E-state index contributed by atoms with van der Waals surface area (Å²) in [5.74, 6) is -3.15. The maximum absolute atomic E-state index is 14.8. The van der Waals surface area contributed by atoms with Crippen LogP contribution in [0.15, 0.2) is 54.6 Å². The highest BCUT2D eigenvalue weighted by molar-refractivity contribution is 6.00. The van der Waals surface area contributed by atoms with Crippen LogP contribution in [0.5, 0.6) is 0 Å². The Labute approximate surface area is 258 Å². The third-order valence-electron chi connectivity index (χ3n) is 10.1. The van der Waals surface area contributed by atoms with Crippen LogP contribution in [0, 0.1) is 11.8 Å². The van der Waals surface area contributed by atoms with Crippen molar-refractivity contribution in [3.05, 3.63) is 60.2 Å². The van der Waals surface area contributed by atoms with E-state index in [9.17, 15) is 24.3 Å². The lowest BCUT2D eigenvalue weighted by Crippen LogP contribution is -2.60. The lowest BCUT2D eigenvalue weighted by molar-refractivity contribution is -0.152. The summed E-state index contributed by atoms with van der Waals surface area (Å²) in [6.45, 7) is 1.86. The Hall–Kier alpha value is -3.50. The van der Waals surface area contributed by atoms with Crippen LogP contribution >= 0.6 is 0 Å². The van der Waals surface area contributed by atoms with Crippen LogP contribution in [0.4, 0.5) is 0 Å². The Morgan fingerprint density at radius 2 is 1.82 bits per heavy atom. The van der Waals surface area contributed by atoms with Crippen molar-refractivity contribution in [1.82, 2.24) is 15.1 Å². The van der Waals surface area contributed by atoms with Gasteiger partial charge in [-0.2, -0.15) is 0 Å². The average molecular weight is 606 g/mol. The van der Waals surface area contributed by atoms with Gasteiger partial charge in [-0.3, -0.25) is 19.2 Å². The average Bonchev–Trinajstić information content (AvgIpc) is 3.69. The maximum atomic E-state index is 14.8. The fourth-order valence-corrected chi connectivity index (χ4v) is 7.89. The van der Waals surface area contributed by atoms with Gasteiger partial charge < -0.3 is 29.7 Å². The molecule has 6 rings (SSSR count). The van der Waals surface area contributed by atoms with Gasteiger partial charge in [-0.05, 0) is 31.2 Å². The van der Waals surface area contributed by atoms with E-state index in [1.807, 2.05) is 60.4 Å². The van der Waals surface area contributed by atoms with Gasteiger partial charge in [-0.15, -0.1) is 0 Å². The summed E-state index contributed by atoms with van der Waals surface area (Å²) in [4.78, 5) is 59.4. The largest absolute Gasteiger partial charge is 0.463 e. The molecule has 1 aromatic carbocycles. The molecule has 5 bridgehead atoms. The van der Waals surface area contributed by atoms with Gasteiger partial charge in [0.2, 0.25) is 17.7 Å². The molecule has 3 amide bonds. The highest BCUT2D eigenvalue weighted by Crippen LogP contribution is 2.56. The van der Waals surface area contributed by atoms with Crippen molar-refractivity contribution >= 4 is 23.7 Å². The molecule has 4 aliphatic heterocycles. The molecule has 0 unspecified atom stereocenters. The van der Waals surface area contributed by atoms with E-state index in [0.717, 1.165) is 37.7 Å². The van der Waals surface area contributed by atoms with E-state index in [-0.39, 0.29) is 43.5 Å². The first-order chi connectivity index (χ1) is 21.4. The number of aliphatic hydroxyl groups is 1. The van der Waals surface area contributed by atoms with Crippen molar-refractivity contribution in [2.45, 2.75) is 94.2 Å². The zero-order valence-electron chi connectivity index (χ0n) is 25.3. The molecule has 0 radical (unpaired) electrons. The number of cyclic esters (lactones) is 1. The normalized spacial score (nSPS) is 34.5. The fraction of sp³-hybridized carbons (Fsp3) is 0.588. The Bertz CT molecular complexity index is 1300. The Morgan fingerprint density at radius 1 is 1.05 bits per heavy atom. The summed E-state index contributed by atoms with van der Waals surface area (Å²) in [5, 5.41) is 13.4. The van der Waals surface area contributed by atoms with Gasteiger partial charge >= 0.3 is 5.97 Å². The number of hydrogen-bond acceptors (Lipinski definition) is 7. The quantitative estimate of drug-likeness (QED) is 0.391. The number of esters is 1. The molecule has 1 aromatic rings. The summed E-state index contributed by atoms with van der Waals surface area (Å²) < 4.78 is 12.2. The van der Waals surface area contributed by atoms with Crippen molar-refractivity contribution in [1.29, 1.82) is 0 Å². The topological polar surface area (TPSA) is 125 Å². The van der Waals surface area contributed by atoms with E-state index in [1.165, 1.54) is 4.90 Å².